The summed E-state index contributed by atoms with van der Waals surface area (Å²) in [5.74, 6) is 2.39. The van der Waals surface area contributed by atoms with Crippen LogP contribution in [0.1, 0.15) is 103 Å². The molecule has 4 nitrogen and oxygen atoms in total. The van der Waals surface area contributed by atoms with Crippen LogP contribution in [0.25, 0.3) is 0 Å². The Morgan fingerprint density at radius 1 is 1.15 bits per heavy atom. The smallest absolute Gasteiger partial charge is 0.338 e. The highest BCUT2D eigenvalue weighted by molar-refractivity contribution is 5.87. The Balaban J connectivity index is 1.43. The molecule has 5 rings (SSSR count). The number of fused-ring (bicyclic) bond motifs is 5. The highest BCUT2D eigenvalue weighted by Gasteiger charge is 2.65. The van der Waals surface area contributed by atoms with Crippen LogP contribution < -0.4 is 0 Å². The summed E-state index contributed by atoms with van der Waals surface area (Å²) in [4.78, 5) is 24.1. The molecule has 4 aliphatic carbocycles. The Morgan fingerprint density at radius 3 is 2.56 bits per heavy atom. The molecular formula is C30H42O4. The van der Waals surface area contributed by atoms with Crippen LogP contribution in [0.15, 0.2) is 28.4 Å². The van der Waals surface area contributed by atoms with Crippen LogP contribution in [0.2, 0.25) is 0 Å². The molecule has 1 aromatic rings. The van der Waals surface area contributed by atoms with Gasteiger partial charge in [0.25, 0.3) is 0 Å². The van der Waals surface area contributed by atoms with Gasteiger partial charge >= 0.3 is 5.97 Å². The van der Waals surface area contributed by atoms with E-state index in [0.29, 0.717) is 29.5 Å². The van der Waals surface area contributed by atoms with Gasteiger partial charge in [-0.05, 0) is 84.5 Å². The predicted molar refractivity (Wildman–Crippen MR) is 133 cm³/mol. The SMILES string of the molecule is C[C@H](Cc1cc(C(=O)O)co1)[C@H]1CC[C@@]2(C)C3=CC[C@@H]4C(C)(C)C(=O)CC[C@]4(C)[C@H]3CC[C@]12C. The Bertz CT molecular complexity index is 1050. The molecule has 4 aliphatic rings. The van der Waals surface area contributed by atoms with E-state index in [0.717, 1.165) is 31.4 Å². The molecule has 0 aromatic carbocycles. The standard InChI is InChI=1S/C30H42O4/c1-18(15-20-16-19(17-34-20)26(32)33)21-9-13-30(6)23-7-8-24-27(2,3)25(31)11-12-28(24,4)22(23)10-14-29(21,30)5/h7,16-18,21-22,24H,8-15H2,1-6H3,(H,32,33)/t18-,21-,22+,24-,28-,29-,30+/m1/s1. The second kappa shape index (κ2) is 7.58. The molecule has 0 amide bonds. The lowest BCUT2D eigenvalue weighted by atomic mass is 9.41. The minimum absolute atomic E-state index is 0.198. The van der Waals surface area contributed by atoms with Crippen LogP contribution in [0, 0.1) is 45.3 Å². The summed E-state index contributed by atoms with van der Waals surface area (Å²) in [6.45, 7) is 14.3. The second-order valence-electron chi connectivity index (χ2n) is 13.4. The maximum Gasteiger partial charge on any atom is 0.338 e. The highest BCUT2D eigenvalue weighted by atomic mass is 16.4. The average Bonchev–Trinajstić information content (AvgIpc) is 3.33. The summed E-state index contributed by atoms with van der Waals surface area (Å²) in [5, 5.41) is 9.25. The largest absolute Gasteiger partial charge is 0.478 e. The van der Waals surface area contributed by atoms with Gasteiger partial charge in [0, 0.05) is 18.3 Å². The maximum atomic E-state index is 12.8. The van der Waals surface area contributed by atoms with Crippen molar-refractivity contribution in [1.29, 1.82) is 0 Å². The van der Waals surface area contributed by atoms with Gasteiger partial charge in [-0.1, -0.05) is 53.2 Å². The molecule has 3 saturated carbocycles. The minimum atomic E-state index is -0.926. The first-order valence-electron chi connectivity index (χ1n) is 13.4. The Labute approximate surface area is 204 Å². The molecule has 0 aliphatic heterocycles. The van der Waals surface area contributed by atoms with Gasteiger partial charge in [-0.3, -0.25) is 4.79 Å². The molecule has 34 heavy (non-hydrogen) atoms. The number of Topliss-reactive ketones (excluding diaryl/α,β-unsaturated/α-hetero) is 1. The van der Waals surface area contributed by atoms with Crippen molar-refractivity contribution >= 4 is 11.8 Å². The summed E-state index contributed by atoms with van der Waals surface area (Å²) in [7, 11) is 0. The molecule has 0 saturated heterocycles. The summed E-state index contributed by atoms with van der Waals surface area (Å²) >= 11 is 0. The number of rotatable bonds is 4. The third kappa shape index (κ3) is 3.09. The van der Waals surface area contributed by atoms with Crippen LogP contribution in [0.4, 0.5) is 0 Å². The highest BCUT2D eigenvalue weighted by Crippen LogP contribution is 2.73. The zero-order valence-electron chi connectivity index (χ0n) is 21.9. The summed E-state index contributed by atoms with van der Waals surface area (Å²) < 4.78 is 5.62. The number of hydrogen-bond donors (Lipinski definition) is 1. The van der Waals surface area contributed by atoms with E-state index in [-0.39, 0.29) is 27.2 Å². The van der Waals surface area contributed by atoms with E-state index in [9.17, 15) is 14.7 Å². The molecule has 1 heterocycles. The first kappa shape index (κ1) is 23.9. The van der Waals surface area contributed by atoms with Gasteiger partial charge in [0.2, 0.25) is 0 Å². The van der Waals surface area contributed by atoms with Crippen LogP contribution in [-0.4, -0.2) is 16.9 Å². The number of ketones is 1. The van der Waals surface area contributed by atoms with Crippen molar-refractivity contribution in [3.63, 3.8) is 0 Å². The molecule has 7 atom stereocenters. The van der Waals surface area contributed by atoms with Gasteiger partial charge in [0.05, 0.1) is 5.56 Å². The molecule has 0 unspecified atom stereocenters. The van der Waals surface area contributed by atoms with Crippen molar-refractivity contribution in [2.45, 2.75) is 92.9 Å². The van der Waals surface area contributed by atoms with Crippen LogP contribution in [0.3, 0.4) is 0 Å². The number of carboxylic acid groups (broad SMARTS) is 1. The van der Waals surface area contributed by atoms with Crippen molar-refractivity contribution < 1.29 is 19.1 Å². The Morgan fingerprint density at radius 2 is 1.88 bits per heavy atom. The monoisotopic (exact) mass is 466 g/mol. The van der Waals surface area contributed by atoms with Crippen molar-refractivity contribution in [3.8, 4) is 0 Å². The number of carbonyl (C=O) groups is 2. The molecule has 0 radical (unpaired) electrons. The van der Waals surface area contributed by atoms with Gasteiger partial charge in [-0.2, -0.15) is 0 Å². The van der Waals surface area contributed by atoms with Gasteiger partial charge in [0.15, 0.2) is 0 Å². The molecule has 1 aromatic heterocycles. The number of carboxylic acids is 1. The molecular weight excluding hydrogens is 424 g/mol. The van der Waals surface area contributed by atoms with Gasteiger partial charge in [0.1, 0.15) is 17.8 Å². The van der Waals surface area contributed by atoms with Gasteiger partial charge < -0.3 is 9.52 Å². The number of aromatic carboxylic acids is 1. The van der Waals surface area contributed by atoms with Crippen molar-refractivity contribution in [2.24, 2.45) is 45.3 Å². The topological polar surface area (TPSA) is 67.5 Å². The summed E-state index contributed by atoms with van der Waals surface area (Å²) in [6, 6.07) is 1.70. The fraction of sp³-hybridized carbons (Fsp3) is 0.733. The Hall–Kier alpha value is -1.84. The van der Waals surface area contributed by atoms with E-state index in [1.54, 1.807) is 11.6 Å². The molecule has 186 valence electrons. The van der Waals surface area contributed by atoms with E-state index < -0.39 is 5.97 Å². The fourth-order valence-electron chi connectivity index (χ4n) is 9.53. The molecule has 0 bridgehead atoms. The third-order valence-electron chi connectivity index (χ3n) is 11.8. The normalized spacial score (nSPS) is 41.8. The molecule has 0 spiro atoms. The minimum Gasteiger partial charge on any atom is -0.478 e. The number of carbonyl (C=O) groups excluding carboxylic acids is 1. The van der Waals surface area contributed by atoms with E-state index >= 15 is 0 Å². The Kier molecular flexibility index (Phi) is 5.32. The molecule has 1 N–H and O–H groups in total. The zero-order chi connectivity index (χ0) is 24.7. The summed E-state index contributed by atoms with van der Waals surface area (Å²) in [5.41, 5.74) is 2.38. The van der Waals surface area contributed by atoms with Crippen LogP contribution >= 0.6 is 0 Å². The first-order valence-corrected chi connectivity index (χ1v) is 13.4. The van der Waals surface area contributed by atoms with E-state index in [2.05, 4.69) is 47.6 Å². The second-order valence-corrected chi connectivity index (χ2v) is 13.4. The maximum absolute atomic E-state index is 12.8. The third-order valence-corrected chi connectivity index (χ3v) is 11.8. The lowest BCUT2D eigenvalue weighted by molar-refractivity contribution is -0.146. The summed E-state index contributed by atoms with van der Waals surface area (Å²) in [6.07, 6.45) is 12.5. The quantitative estimate of drug-likeness (QED) is 0.472. The van der Waals surface area contributed by atoms with Crippen molar-refractivity contribution in [2.75, 3.05) is 0 Å². The molecule has 4 heteroatoms. The number of allylic oxidation sites excluding steroid dienone is 2. The number of furan rings is 1. The van der Waals surface area contributed by atoms with Crippen molar-refractivity contribution in [3.05, 3.63) is 35.3 Å². The van der Waals surface area contributed by atoms with Crippen LogP contribution in [-0.2, 0) is 11.2 Å². The van der Waals surface area contributed by atoms with Gasteiger partial charge in [-0.25, -0.2) is 4.79 Å². The van der Waals surface area contributed by atoms with Crippen molar-refractivity contribution in [1.82, 2.24) is 0 Å². The first-order chi connectivity index (χ1) is 15.8. The fourth-order valence-corrected chi connectivity index (χ4v) is 9.53. The average molecular weight is 467 g/mol. The number of hydrogen-bond acceptors (Lipinski definition) is 3. The van der Waals surface area contributed by atoms with E-state index in [4.69, 9.17) is 4.42 Å². The van der Waals surface area contributed by atoms with E-state index in [1.807, 2.05) is 0 Å². The predicted octanol–water partition coefficient (Wildman–Crippen LogP) is 7.33. The zero-order valence-corrected chi connectivity index (χ0v) is 21.9. The molecule has 3 fully saturated rings. The van der Waals surface area contributed by atoms with E-state index in [1.165, 1.54) is 31.9 Å². The lowest BCUT2D eigenvalue weighted by Gasteiger charge is -2.63. The lowest BCUT2D eigenvalue weighted by Crippen LogP contribution is -2.57. The van der Waals surface area contributed by atoms with Crippen LogP contribution in [0.5, 0.6) is 0 Å². The van der Waals surface area contributed by atoms with Gasteiger partial charge in [-0.15, -0.1) is 0 Å².